The molecule has 0 spiro atoms. The van der Waals surface area contributed by atoms with Gasteiger partial charge in [-0.25, -0.2) is 13.2 Å². The summed E-state index contributed by atoms with van der Waals surface area (Å²) in [6.45, 7) is 1.47. The van der Waals surface area contributed by atoms with E-state index >= 15 is 0 Å². The van der Waals surface area contributed by atoms with Gasteiger partial charge in [-0.15, -0.1) is 0 Å². The highest BCUT2D eigenvalue weighted by atomic mass is 32.2. The quantitative estimate of drug-likeness (QED) is 0.495. The summed E-state index contributed by atoms with van der Waals surface area (Å²) in [5.41, 5.74) is 1.43. The molecule has 0 unspecified atom stereocenters. The molecule has 0 fully saturated rings. The first-order chi connectivity index (χ1) is 12.7. The van der Waals surface area contributed by atoms with E-state index in [9.17, 15) is 18.0 Å². The fourth-order valence-corrected chi connectivity index (χ4v) is 3.10. The number of Topliss-reactive ketones (excluding diaryl/α,β-unsaturated/α-hetero) is 1. The third-order valence-corrected chi connectivity index (χ3v) is 4.40. The smallest absolute Gasteiger partial charge is 0.360 e. The number of sulfonamides is 1. The first-order valence-electron chi connectivity index (χ1n) is 8.01. The van der Waals surface area contributed by atoms with Gasteiger partial charge in [-0.05, 0) is 37.3 Å². The van der Waals surface area contributed by atoms with Crippen LogP contribution in [0.3, 0.4) is 0 Å². The second-order valence-electron chi connectivity index (χ2n) is 5.98. The summed E-state index contributed by atoms with van der Waals surface area (Å²) < 4.78 is 30.0. The largest absolute Gasteiger partial charge is 0.449 e. The molecule has 0 aliphatic carbocycles. The number of carbonyl (C=O) groups is 2. The van der Waals surface area contributed by atoms with E-state index in [0.717, 1.165) is 6.26 Å². The molecule has 1 aromatic heterocycles. The highest BCUT2D eigenvalue weighted by Gasteiger charge is 2.23. The van der Waals surface area contributed by atoms with Gasteiger partial charge in [0.2, 0.25) is 15.8 Å². The molecule has 0 radical (unpaired) electrons. The first kappa shape index (κ1) is 18.6. The molecule has 0 saturated carbocycles. The Bertz CT molecular complexity index is 1100. The molecular weight excluding hydrogens is 370 g/mol. The number of aromatic amines is 1. The average molecular weight is 387 g/mol. The molecule has 8 nitrogen and oxygen atoms in total. The maximum Gasteiger partial charge on any atom is 0.360 e. The standard InChI is InChI=1S/C18H17N3O5S/c1-11(17(22)12-7-9-13(10-8-12)21-27(2,24)25)26-18(23)16-14-5-3-4-6-15(14)19-20-16/h3-11,21H,1-2H3,(H,19,20)/t11-/m1/s1. The van der Waals surface area contributed by atoms with Gasteiger partial charge >= 0.3 is 5.97 Å². The number of ketones is 1. The van der Waals surface area contributed by atoms with Crippen molar-refractivity contribution in [2.24, 2.45) is 0 Å². The van der Waals surface area contributed by atoms with Crippen molar-refractivity contribution in [1.29, 1.82) is 0 Å². The molecule has 0 aliphatic rings. The van der Waals surface area contributed by atoms with E-state index in [4.69, 9.17) is 4.74 Å². The van der Waals surface area contributed by atoms with Crippen LogP contribution in [-0.4, -0.2) is 42.7 Å². The number of nitrogens with zero attached hydrogens (tertiary/aromatic N) is 1. The van der Waals surface area contributed by atoms with Crippen molar-refractivity contribution in [1.82, 2.24) is 10.2 Å². The summed E-state index contributed by atoms with van der Waals surface area (Å²) in [5, 5.41) is 7.30. The number of nitrogens with one attached hydrogen (secondary N) is 2. The van der Waals surface area contributed by atoms with E-state index in [1.807, 2.05) is 6.07 Å². The summed E-state index contributed by atoms with van der Waals surface area (Å²) in [5.74, 6) is -1.11. The summed E-state index contributed by atoms with van der Waals surface area (Å²) in [6, 6.07) is 12.9. The minimum absolute atomic E-state index is 0.109. The lowest BCUT2D eigenvalue weighted by Crippen LogP contribution is -2.24. The Morgan fingerprint density at radius 3 is 2.44 bits per heavy atom. The molecule has 3 rings (SSSR count). The zero-order valence-corrected chi connectivity index (χ0v) is 15.4. The second-order valence-corrected chi connectivity index (χ2v) is 7.73. The van der Waals surface area contributed by atoms with Gasteiger partial charge in [-0.1, -0.05) is 18.2 Å². The number of anilines is 1. The van der Waals surface area contributed by atoms with Crippen molar-refractivity contribution in [3.05, 3.63) is 59.8 Å². The second kappa shape index (κ2) is 7.20. The van der Waals surface area contributed by atoms with Crippen molar-refractivity contribution >= 4 is 38.4 Å². The number of hydrogen-bond donors (Lipinski definition) is 2. The van der Waals surface area contributed by atoms with Crippen LogP contribution in [-0.2, 0) is 14.8 Å². The number of esters is 1. The molecule has 9 heteroatoms. The van der Waals surface area contributed by atoms with Crippen molar-refractivity contribution in [2.75, 3.05) is 11.0 Å². The van der Waals surface area contributed by atoms with Crippen molar-refractivity contribution in [2.45, 2.75) is 13.0 Å². The number of carbonyl (C=O) groups excluding carboxylic acids is 2. The lowest BCUT2D eigenvalue weighted by molar-refractivity contribution is 0.0315. The summed E-state index contributed by atoms with van der Waals surface area (Å²) in [7, 11) is -3.40. The van der Waals surface area contributed by atoms with Gasteiger partial charge < -0.3 is 4.74 Å². The van der Waals surface area contributed by atoms with Crippen LogP contribution >= 0.6 is 0 Å². The van der Waals surface area contributed by atoms with Crippen LogP contribution in [0, 0.1) is 0 Å². The molecule has 27 heavy (non-hydrogen) atoms. The molecule has 140 valence electrons. The predicted molar refractivity (Wildman–Crippen MR) is 100 cm³/mol. The van der Waals surface area contributed by atoms with Crippen molar-refractivity contribution < 1.29 is 22.7 Å². The maximum absolute atomic E-state index is 12.5. The van der Waals surface area contributed by atoms with Crippen LogP contribution < -0.4 is 4.72 Å². The van der Waals surface area contributed by atoms with E-state index < -0.39 is 27.9 Å². The molecule has 0 saturated heterocycles. The van der Waals surface area contributed by atoms with Crippen LogP contribution in [0.5, 0.6) is 0 Å². The third kappa shape index (κ3) is 4.32. The number of hydrogen-bond acceptors (Lipinski definition) is 6. The molecule has 3 aromatic rings. The number of rotatable bonds is 6. The average Bonchev–Trinajstić information content (AvgIpc) is 3.04. The predicted octanol–water partition coefficient (Wildman–Crippen LogP) is 2.36. The van der Waals surface area contributed by atoms with E-state index in [-0.39, 0.29) is 5.69 Å². The van der Waals surface area contributed by atoms with Crippen LogP contribution in [0.15, 0.2) is 48.5 Å². The SMILES string of the molecule is C[C@@H](OC(=O)c1n[nH]c2ccccc12)C(=O)c1ccc(NS(C)(=O)=O)cc1. The number of fused-ring (bicyclic) bond motifs is 1. The zero-order chi connectivity index (χ0) is 19.6. The lowest BCUT2D eigenvalue weighted by Gasteiger charge is -2.12. The number of ether oxygens (including phenoxy) is 1. The van der Waals surface area contributed by atoms with E-state index in [0.29, 0.717) is 22.2 Å². The zero-order valence-electron chi connectivity index (χ0n) is 14.6. The first-order valence-corrected chi connectivity index (χ1v) is 9.90. The maximum atomic E-state index is 12.5. The van der Waals surface area contributed by atoms with Crippen molar-refractivity contribution in [3.8, 4) is 0 Å². The fraction of sp³-hybridized carbons (Fsp3) is 0.167. The van der Waals surface area contributed by atoms with Crippen LogP contribution in [0.1, 0.15) is 27.8 Å². The molecule has 0 amide bonds. The number of para-hydroxylation sites is 1. The molecular formula is C18H17N3O5S. The summed E-state index contributed by atoms with van der Waals surface area (Å²) in [6.07, 6.45) is 0.00784. The molecule has 2 aromatic carbocycles. The Labute approximate surface area is 155 Å². The van der Waals surface area contributed by atoms with Gasteiger partial charge in [0.15, 0.2) is 11.8 Å². The normalized spacial score (nSPS) is 12.5. The Morgan fingerprint density at radius 2 is 1.78 bits per heavy atom. The molecule has 2 N–H and O–H groups in total. The monoisotopic (exact) mass is 387 g/mol. The van der Waals surface area contributed by atoms with Gasteiger partial charge in [0.1, 0.15) is 0 Å². The van der Waals surface area contributed by atoms with E-state index in [2.05, 4.69) is 14.9 Å². The van der Waals surface area contributed by atoms with Crippen LogP contribution in [0.4, 0.5) is 5.69 Å². The molecule has 0 bridgehead atoms. The Balaban J connectivity index is 1.71. The van der Waals surface area contributed by atoms with E-state index in [1.165, 1.54) is 31.2 Å². The Morgan fingerprint density at radius 1 is 1.11 bits per heavy atom. The molecule has 1 atom stereocenters. The molecule has 0 aliphatic heterocycles. The lowest BCUT2D eigenvalue weighted by atomic mass is 10.1. The number of aromatic nitrogens is 2. The fourth-order valence-electron chi connectivity index (χ4n) is 2.54. The highest BCUT2D eigenvalue weighted by Crippen LogP contribution is 2.18. The number of H-pyrrole nitrogens is 1. The van der Waals surface area contributed by atoms with Gasteiger partial charge in [0.25, 0.3) is 0 Å². The summed E-state index contributed by atoms with van der Waals surface area (Å²) >= 11 is 0. The van der Waals surface area contributed by atoms with Gasteiger partial charge in [-0.3, -0.25) is 14.6 Å². The van der Waals surface area contributed by atoms with Crippen molar-refractivity contribution in [3.63, 3.8) is 0 Å². The van der Waals surface area contributed by atoms with E-state index in [1.54, 1.807) is 18.2 Å². The minimum atomic E-state index is -3.40. The number of benzene rings is 2. The Hall–Kier alpha value is -3.20. The minimum Gasteiger partial charge on any atom is -0.449 e. The molecule has 1 heterocycles. The van der Waals surface area contributed by atoms with Gasteiger partial charge in [-0.2, -0.15) is 5.10 Å². The highest BCUT2D eigenvalue weighted by molar-refractivity contribution is 7.92. The topological polar surface area (TPSA) is 118 Å². The third-order valence-electron chi connectivity index (χ3n) is 3.79. The van der Waals surface area contributed by atoms with Gasteiger partial charge in [0.05, 0.1) is 11.8 Å². The van der Waals surface area contributed by atoms with Gasteiger partial charge in [0, 0.05) is 16.6 Å². The summed E-state index contributed by atoms with van der Waals surface area (Å²) in [4.78, 5) is 24.8. The Kier molecular flexibility index (Phi) is 4.95. The van der Waals surface area contributed by atoms with Crippen LogP contribution in [0.25, 0.3) is 10.9 Å². The van der Waals surface area contributed by atoms with Crippen LogP contribution in [0.2, 0.25) is 0 Å².